The fourth-order valence-corrected chi connectivity index (χ4v) is 2.27. The molecular weight excluding hydrogens is 304 g/mol. The van der Waals surface area contributed by atoms with Gasteiger partial charge in [-0.05, 0) is 44.5 Å². The van der Waals surface area contributed by atoms with Crippen LogP contribution in [0.3, 0.4) is 0 Å². The van der Waals surface area contributed by atoms with Gasteiger partial charge in [0, 0.05) is 11.8 Å². The molecular formula is C19H20N2O3. The monoisotopic (exact) mass is 324 g/mol. The lowest BCUT2D eigenvalue weighted by Gasteiger charge is -2.17. The van der Waals surface area contributed by atoms with Crippen molar-refractivity contribution >= 4 is 11.6 Å². The van der Waals surface area contributed by atoms with Crippen molar-refractivity contribution in [2.24, 2.45) is 0 Å². The molecule has 1 unspecified atom stereocenters. The molecule has 1 N–H and O–H groups in total. The minimum absolute atomic E-state index is 0.256. The first-order chi connectivity index (χ1) is 11.4. The van der Waals surface area contributed by atoms with E-state index in [1.165, 1.54) is 7.11 Å². The molecule has 0 saturated heterocycles. The number of hydrogen-bond acceptors (Lipinski definition) is 4. The van der Waals surface area contributed by atoms with Gasteiger partial charge in [-0.15, -0.1) is 0 Å². The van der Waals surface area contributed by atoms with Gasteiger partial charge in [-0.2, -0.15) is 5.26 Å². The van der Waals surface area contributed by atoms with Crippen LogP contribution in [0.1, 0.15) is 23.6 Å². The molecule has 0 aromatic heterocycles. The summed E-state index contributed by atoms with van der Waals surface area (Å²) < 4.78 is 10.9. The molecule has 5 heteroatoms. The van der Waals surface area contributed by atoms with Crippen molar-refractivity contribution in [3.8, 4) is 17.6 Å². The van der Waals surface area contributed by atoms with Crippen molar-refractivity contribution in [3.63, 3.8) is 0 Å². The van der Waals surface area contributed by atoms with Crippen molar-refractivity contribution in [3.05, 3.63) is 53.1 Å². The van der Waals surface area contributed by atoms with Gasteiger partial charge < -0.3 is 14.8 Å². The summed E-state index contributed by atoms with van der Waals surface area (Å²) in [6.07, 6.45) is -0.715. The maximum Gasteiger partial charge on any atom is 0.265 e. The van der Waals surface area contributed by atoms with Crippen LogP contribution in [0.4, 0.5) is 5.69 Å². The van der Waals surface area contributed by atoms with Crippen LogP contribution >= 0.6 is 0 Å². The summed E-state index contributed by atoms with van der Waals surface area (Å²) in [5, 5.41) is 11.8. The second kappa shape index (κ2) is 7.51. The summed E-state index contributed by atoms with van der Waals surface area (Å²) in [5.74, 6) is 0.577. The Labute approximate surface area is 141 Å². The standard InChI is InChI=1S/C19H20N2O3/c1-12-5-7-16(13(2)9-12)21-19(22)14(3)24-17-8-6-15(11-20)10-18(17)23-4/h5-10,14H,1-4H3,(H,21,22). The third-order valence-corrected chi connectivity index (χ3v) is 3.61. The van der Waals surface area contributed by atoms with E-state index in [0.29, 0.717) is 17.1 Å². The van der Waals surface area contributed by atoms with Crippen LogP contribution in [0.25, 0.3) is 0 Å². The Morgan fingerprint density at radius 2 is 1.92 bits per heavy atom. The van der Waals surface area contributed by atoms with E-state index >= 15 is 0 Å². The number of anilines is 1. The summed E-state index contributed by atoms with van der Waals surface area (Å²) in [4.78, 5) is 12.3. The Balaban J connectivity index is 2.10. The van der Waals surface area contributed by atoms with Gasteiger partial charge in [0.15, 0.2) is 17.6 Å². The van der Waals surface area contributed by atoms with Crippen LogP contribution in [-0.2, 0) is 4.79 Å². The van der Waals surface area contributed by atoms with Crippen LogP contribution in [0, 0.1) is 25.2 Å². The van der Waals surface area contributed by atoms with Gasteiger partial charge in [0.2, 0.25) is 0 Å². The number of aryl methyl sites for hydroxylation is 2. The van der Waals surface area contributed by atoms with Crippen molar-refractivity contribution < 1.29 is 14.3 Å². The number of nitriles is 1. The first kappa shape index (κ1) is 17.4. The SMILES string of the molecule is COc1cc(C#N)ccc1OC(C)C(=O)Nc1ccc(C)cc1C. The lowest BCUT2D eigenvalue weighted by Crippen LogP contribution is -2.30. The number of methoxy groups -OCH3 is 1. The quantitative estimate of drug-likeness (QED) is 0.912. The van der Waals surface area contributed by atoms with Crippen molar-refractivity contribution in [1.29, 1.82) is 5.26 Å². The highest BCUT2D eigenvalue weighted by molar-refractivity contribution is 5.94. The topological polar surface area (TPSA) is 71.3 Å². The summed E-state index contributed by atoms with van der Waals surface area (Å²) >= 11 is 0. The molecule has 5 nitrogen and oxygen atoms in total. The van der Waals surface area contributed by atoms with Crippen molar-refractivity contribution in [1.82, 2.24) is 0 Å². The second-order valence-corrected chi connectivity index (χ2v) is 5.55. The van der Waals surface area contributed by atoms with Crippen LogP contribution in [-0.4, -0.2) is 19.1 Å². The Morgan fingerprint density at radius 3 is 2.54 bits per heavy atom. The van der Waals surface area contributed by atoms with Gasteiger partial charge >= 0.3 is 0 Å². The van der Waals surface area contributed by atoms with Crippen LogP contribution in [0.2, 0.25) is 0 Å². The predicted molar refractivity (Wildman–Crippen MR) is 92.3 cm³/mol. The Morgan fingerprint density at radius 1 is 1.17 bits per heavy atom. The van der Waals surface area contributed by atoms with E-state index in [0.717, 1.165) is 16.8 Å². The molecule has 0 aliphatic rings. The third kappa shape index (κ3) is 4.05. The Hall–Kier alpha value is -3.00. The van der Waals surface area contributed by atoms with Crippen LogP contribution in [0.5, 0.6) is 11.5 Å². The summed E-state index contributed by atoms with van der Waals surface area (Å²) in [7, 11) is 1.49. The van der Waals surface area contributed by atoms with E-state index in [4.69, 9.17) is 14.7 Å². The molecule has 24 heavy (non-hydrogen) atoms. The van der Waals surface area contributed by atoms with Gasteiger partial charge in [-0.1, -0.05) is 17.7 Å². The molecule has 124 valence electrons. The summed E-state index contributed by atoms with van der Waals surface area (Å²) in [6, 6.07) is 12.7. The largest absolute Gasteiger partial charge is 0.493 e. The normalized spacial score (nSPS) is 11.3. The molecule has 2 aromatic rings. The third-order valence-electron chi connectivity index (χ3n) is 3.61. The highest BCUT2D eigenvalue weighted by Gasteiger charge is 2.18. The van der Waals surface area contributed by atoms with Crippen molar-refractivity contribution in [2.45, 2.75) is 26.9 Å². The summed E-state index contributed by atoms with van der Waals surface area (Å²) in [6.45, 7) is 5.61. The molecule has 2 rings (SSSR count). The molecule has 0 radical (unpaired) electrons. The molecule has 0 spiro atoms. The van der Waals surface area contributed by atoms with Gasteiger partial charge in [-0.3, -0.25) is 4.79 Å². The van der Waals surface area contributed by atoms with Crippen LogP contribution < -0.4 is 14.8 Å². The Kier molecular flexibility index (Phi) is 5.43. The predicted octanol–water partition coefficient (Wildman–Crippen LogP) is 3.59. The zero-order valence-corrected chi connectivity index (χ0v) is 14.2. The fraction of sp³-hybridized carbons (Fsp3) is 0.263. The molecule has 0 heterocycles. The zero-order chi connectivity index (χ0) is 17.7. The number of rotatable bonds is 5. The highest BCUT2D eigenvalue weighted by Crippen LogP contribution is 2.29. The van der Waals surface area contributed by atoms with E-state index in [-0.39, 0.29) is 5.91 Å². The number of nitrogens with one attached hydrogen (secondary N) is 1. The van der Waals surface area contributed by atoms with E-state index < -0.39 is 6.10 Å². The first-order valence-corrected chi connectivity index (χ1v) is 7.57. The fourth-order valence-electron chi connectivity index (χ4n) is 2.27. The molecule has 0 aliphatic carbocycles. The van der Waals surface area contributed by atoms with Crippen LogP contribution in [0.15, 0.2) is 36.4 Å². The second-order valence-electron chi connectivity index (χ2n) is 5.55. The number of nitrogens with zero attached hydrogens (tertiary/aromatic N) is 1. The highest BCUT2D eigenvalue weighted by atomic mass is 16.5. The van der Waals surface area contributed by atoms with Gasteiger partial charge in [0.25, 0.3) is 5.91 Å². The molecule has 0 fully saturated rings. The zero-order valence-electron chi connectivity index (χ0n) is 14.2. The smallest absolute Gasteiger partial charge is 0.265 e. The Bertz CT molecular complexity index is 794. The van der Waals surface area contributed by atoms with E-state index in [2.05, 4.69) is 5.32 Å². The molecule has 1 atom stereocenters. The molecule has 0 aliphatic heterocycles. The molecule has 0 bridgehead atoms. The maximum atomic E-state index is 12.3. The minimum Gasteiger partial charge on any atom is -0.493 e. The molecule has 2 aromatic carbocycles. The maximum absolute atomic E-state index is 12.3. The molecule has 1 amide bonds. The first-order valence-electron chi connectivity index (χ1n) is 7.57. The molecule has 0 saturated carbocycles. The lowest BCUT2D eigenvalue weighted by molar-refractivity contribution is -0.122. The summed E-state index contributed by atoms with van der Waals surface area (Å²) in [5.41, 5.74) is 3.35. The van der Waals surface area contributed by atoms with E-state index in [1.807, 2.05) is 38.1 Å². The van der Waals surface area contributed by atoms with Gasteiger partial charge in [0.1, 0.15) is 0 Å². The number of carbonyl (C=O) groups is 1. The van der Waals surface area contributed by atoms with E-state index in [9.17, 15) is 4.79 Å². The number of carbonyl (C=O) groups excluding carboxylic acids is 1. The lowest BCUT2D eigenvalue weighted by atomic mass is 10.1. The minimum atomic E-state index is -0.715. The van der Waals surface area contributed by atoms with E-state index in [1.54, 1.807) is 25.1 Å². The van der Waals surface area contributed by atoms with Crippen molar-refractivity contribution in [2.75, 3.05) is 12.4 Å². The number of benzene rings is 2. The average Bonchev–Trinajstić information content (AvgIpc) is 2.57. The number of ether oxygens (including phenoxy) is 2. The van der Waals surface area contributed by atoms with Gasteiger partial charge in [0.05, 0.1) is 18.7 Å². The number of hydrogen-bond donors (Lipinski definition) is 1. The average molecular weight is 324 g/mol. The van der Waals surface area contributed by atoms with Gasteiger partial charge in [-0.25, -0.2) is 0 Å². The number of amides is 1.